The molecule has 0 aliphatic heterocycles. The summed E-state index contributed by atoms with van der Waals surface area (Å²) in [6.45, 7) is 0. The van der Waals surface area contributed by atoms with Crippen molar-refractivity contribution < 1.29 is 22.3 Å². The van der Waals surface area contributed by atoms with E-state index in [1.807, 2.05) is 0 Å². The van der Waals surface area contributed by atoms with E-state index < -0.39 is 32.3 Å². The van der Waals surface area contributed by atoms with Crippen LogP contribution in [0.15, 0.2) is 41.3 Å². The van der Waals surface area contributed by atoms with Gasteiger partial charge in [0.15, 0.2) is 5.82 Å². The van der Waals surface area contributed by atoms with Gasteiger partial charge in [0.05, 0.1) is 12.7 Å². The summed E-state index contributed by atoms with van der Waals surface area (Å²) < 4.78 is 46.5. The van der Waals surface area contributed by atoms with Gasteiger partial charge in [-0.15, -0.1) is 10.2 Å². The quantitative estimate of drug-likeness (QED) is 0.616. The number of aromatic nitrogens is 4. The van der Waals surface area contributed by atoms with Gasteiger partial charge in [-0.05, 0) is 29.5 Å². The maximum absolute atomic E-state index is 14.6. The van der Waals surface area contributed by atoms with Crippen molar-refractivity contribution in [2.75, 3.05) is 11.8 Å². The van der Waals surface area contributed by atoms with E-state index in [1.54, 1.807) is 12.1 Å². The zero-order chi connectivity index (χ0) is 19.6. The highest BCUT2D eigenvalue weighted by atomic mass is 35.5. The molecule has 3 rings (SSSR count). The number of benzene rings is 2. The van der Waals surface area contributed by atoms with Crippen molar-refractivity contribution in [3.8, 4) is 11.4 Å². The molecule has 9 nitrogen and oxygen atoms in total. The molecule has 0 radical (unpaired) electrons. The van der Waals surface area contributed by atoms with Gasteiger partial charge in [0.2, 0.25) is 5.82 Å². The Kier molecular flexibility index (Phi) is 5.06. The largest absolute Gasteiger partial charge is 0.465 e. The lowest BCUT2D eigenvalue weighted by Gasteiger charge is -2.12. The lowest BCUT2D eigenvalue weighted by Crippen LogP contribution is -2.17. The first-order valence-electron chi connectivity index (χ1n) is 7.26. The average molecular weight is 412 g/mol. The van der Waals surface area contributed by atoms with Crippen molar-refractivity contribution >= 4 is 33.3 Å². The number of hydrogen-bond acceptors (Lipinski definition) is 7. The summed E-state index contributed by atoms with van der Waals surface area (Å²) in [6, 6.07) is 7.96. The number of tetrazole rings is 1. The lowest BCUT2D eigenvalue weighted by molar-refractivity contribution is 0.0595. The predicted octanol–water partition coefficient (Wildman–Crippen LogP) is 2.25. The third kappa shape index (κ3) is 3.88. The number of aromatic amines is 1. The second-order valence-corrected chi connectivity index (χ2v) is 7.27. The standard InChI is InChI=1S/C15H11ClFN5O4S/c1-26-15(23)11-6-9(16)7-12(13(11)17)27(24,25)20-10-4-2-3-8(5-10)14-18-21-22-19-14/h2-7,20H,1H3,(H,18,19,21,22). The molecule has 0 atom stereocenters. The third-order valence-corrected chi connectivity index (χ3v) is 5.02. The number of sulfonamides is 1. The van der Waals surface area contributed by atoms with E-state index in [9.17, 15) is 17.6 Å². The summed E-state index contributed by atoms with van der Waals surface area (Å²) in [6.07, 6.45) is 0. The Morgan fingerprint density at radius 2 is 2.07 bits per heavy atom. The minimum Gasteiger partial charge on any atom is -0.465 e. The molecule has 1 aromatic heterocycles. The van der Waals surface area contributed by atoms with Crippen LogP contribution in [0.5, 0.6) is 0 Å². The molecule has 27 heavy (non-hydrogen) atoms. The van der Waals surface area contributed by atoms with Crippen molar-refractivity contribution in [3.05, 3.63) is 52.8 Å². The van der Waals surface area contributed by atoms with E-state index in [1.165, 1.54) is 12.1 Å². The summed E-state index contributed by atoms with van der Waals surface area (Å²) in [5.74, 6) is -2.07. The zero-order valence-electron chi connectivity index (χ0n) is 13.6. The number of methoxy groups -OCH3 is 1. The lowest BCUT2D eigenvalue weighted by atomic mass is 10.2. The van der Waals surface area contributed by atoms with E-state index in [4.69, 9.17) is 11.6 Å². The highest BCUT2D eigenvalue weighted by molar-refractivity contribution is 7.92. The number of halogens is 2. The first kappa shape index (κ1) is 18.7. The van der Waals surface area contributed by atoms with Crippen LogP contribution in [0.25, 0.3) is 11.4 Å². The number of carbonyl (C=O) groups is 1. The smallest absolute Gasteiger partial charge is 0.340 e. The molecule has 12 heteroatoms. The highest BCUT2D eigenvalue weighted by Gasteiger charge is 2.26. The Balaban J connectivity index is 2.00. The summed E-state index contributed by atoms with van der Waals surface area (Å²) in [4.78, 5) is 10.8. The molecule has 0 amide bonds. The van der Waals surface area contributed by atoms with Crippen LogP contribution in [-0.2, 0) is 14.8 Å². The van der Waals surface area contributed by atoms with Crippen LogP contribution in [-0.4, -0.2) is 42.1 Å². The Hall–Kier alpha value is -3.05. The molecule has 140 valence electrons. The first-order chi connectivity index (χ1) is 12.8. The van der Waals surface area contributed by atoms with Gasteiger partial charge in [0, 0.05) is 16.3 Å². The van der Waals surface area contributed by atoms with E-state index in [0.29, 0.717) is 5.56 Å². The first-order valence-corrected chi connectivity index (χ1v) is 9.12. The molecule has 3 aromatic rings. The Morgan fingerprint density at radius 1 is 1.30 bits per heavy atom. The fraction of sp³-hybridized carbons (Fsp3) is 0.0667. The van der Waals surface area contributed by atoms with Gasteiger partial charge in [0.25, 0.3) is 10.0 Å². The molecular formula is C15H11ClFN5O4S. The van der Waals surface area contributed by atoms with Crippen LogP contribution in [0, 0.1) is 5.82 Å². The fourth-order valence-electron chi connectivity index (χ4n) is 2.23. The van der Waals surface area contributed by atoms with Gasteiger partial charge in [-0.25, -0.2) is 17.6 Å². The van der Waals surface area contributed by atoms with Crippen molar-refractivity contribution in [2.24, 2.45) is 0 Å². The van der Waals surface area contributed by atoms with Gasteiger partial charge in [0.1, 0.15) is 4.90 Å². The van der Waals surface area contributed by atoms with Crippen LogP contribution >= 0.6 is 11.6 Å². The summed E-state index contributed by atoms with van der Waals surface area (Å²) >= 11 is 5.83. The van der Waals surface area contributed by atoms with Crippen LogP contribution in [0.2, 0.25) is 5.02 Å². The van der Waals surface area contributed by atoms with Crippen LogP contribution in [0.3, 0.4) is 0 Å². The second-order valence-electron chi connectivity index (χ2n) is 5.18. The van der Waals surface area contributed by atoms with Crippen LogP contribution < -0.4 is 4.72 Å². The minimum atomic E-state index is -4.40. The summed E-state index contributed by atoms with van der Waals surface area (Å²) in [5, 5.41) is 13.2. The normalized spacial score (nSPS) is 11.2. The van der Waals surface area contributed by atoms with Crippen molar-refractivity contribution in [1.29, 1.82) is 0 Å². The van der Waals surface area contributed by atoms with Gasteiger partial charge in [-0.3, -0.25) is 4.72 Å². The van der Waals surface area contributed by atoms with E-state index >= 15 is 0 Å². The fourth-order valence-corrected chi connectivity index (χ4v) is 3.69. The average Bonchev–Trinajstić information content (AvgIpc) is 3.17. The number of anilines is 1. The van der Waals surface area contributed by atoms with Gasteiger partial charge >= 0.3 is 5.97 Å². The van der Waals surface area contributed by atoms with Gasteiger partial charge in [-0.2, -0.15) is 5.21 Å². The number of nitrogens with one attached hydrogen (secondary N) is 2. The number of H-pyrrole nitrogens is 1. The van der Waals surface area contributed by atoms with Crippen molar-refractivity contribution in [3.63, 3.8) is 0 Å². The molecule has 2 aromatic carbocycles. The molecule has 0 bridgehead atoms. The van der Waals surface area contributed by atoms with E-state index in [0.717, 1.165) is 19.2 Å². The number of esters is 1. The summed E-state index contributed by atoms with van der Waals surface area (Å²) in [7, 11) is -3.36. The zero-order valence-corrected chi connectivity index (χ0v) is 15.2. The molecule has 0 fully saturated rings. The topological polar surface area (TPSA) is 127 Å². The highest BCUT2D eigenvalue weighted by Crippen LogP contribution is 2.27. The molecule has 0 aliphatic carbocycles. The Bertz CT molecular complexity index is 1110. The predicted molar refractivity (Wildman–Crippen MR) is 93.2 cm³/mol. The third-order valence-electron chi connectivity index (χ3n) is 3.42. The monoisotopic (exact) mass is 411 g/mol. The van der Waals surface area contributed by atoms with Crippen LogP contribution in [0.1, 0.15) is 10.4 Å². The summed E-state index contributed by atoms with van der Waals surface area (Å²) in [5.41, 5.74) is 0.00739. The number of nitrogens with zero attached hydrogens (tertiary/aromatic N) is 3. The minimum absolute atomic E-state index is 0.122. The van der Waals surface area contributed by atoms with Gasteiger partial charge < -0.3 is 4.74 Å². The molecule has 0 unspecified atom stereocenters. The maximum Gasteiger partial charge on any atom is 0.340 e. The number of ether oxygens (including phenoxy) is 1. The van der Waals surface area contributed by atoms with Gasteiger partial charge in [-0.1, -0.05) is 23.7 Å². The SMILES string of the molecule is COC(=O)c1cc(Cl)cc(S(=O)(=O)Nc2cccc(-c3nn[nH]n3)c2)c1F. The van der Waals surface area contributed by atoms with Crippen molar-refractivity contribution in [1.82, 2.24) is 20.6 Å². The Morgan fingerprint density at radius 3 is 2.74 bits per heavy atom. The van der Waals surface area contributed by atoms with E-state index in [-0.39, 0.29) is 16.5 Å². The van der Waals surface area contributed by atoms with Crippen molar-refractivity contribution in [2.45, 2.75) is 4.90 Å². The van der Waals surface area contributed by atoms with E-state index in [2.05, 4.69) is 30.1 Å². The molecule has 0 aliphatic rings. The number of hydrogen-bond donors (Lipinski definition) is 2. The molecule has 1 heterocycles. The maximum atomic E-state index is 14.6. The molecule has 2 N–H and O–H groups in total. The van der Waals surface area contributed by atoms with Crippen LogP contribution in [0.4, 0.5) is 10.1 Å². The molecular weight excluding hydrogens is 401 g/mol. The molecule has 0 saturated carbocycles. The Labute approximate surface area is 157 Å². The number of rotatable bonds is 5. The molecule has 0 saturated heterocycles. The second kappa shape index (κ2) is 7.29. The number of carbonyl (C=O) groups excluding carboxylic acids is 1. The molecule has 0 spiro atoms.